The predicted molar refractivity (Wildman–Crippen MR) is 103 cm³/mol. The number of carbonyl (C=O) groups is 1. The highest BCUT2D eigenvalue weighted by molar-refractivity contribution is 7.92. The van der Waals surface area contributed by atoms with Crippen LogP contribution in [0.3, 0.4) is 0 Å². The van der Waals surface area contributed by atoms with Crippen molar-refractivity contribution in [2.45, 2.75) is 19.4 Å². The standard InChI is InChI=1S/C17H18Cl2N2O3S/c1-3-16(17(22)20-15-10-5-4-9-14(15)19)21(25(2,23)24)13-8-6-7-12(18)11-13/h4-11,16H,3H2,1-2H3,(H,20,22)/t16-/m0/s1. The predicted octanol–water partition coefficient (Wildman–Crippen LogP) is 4.18. The summed E-state index contributed by atoms with van der Waals surface area (Å²) < 4.78 is 25.8. The van der Waals surface area contributed by atoms with Gasteiger partial charge in [-0.1, -0.05) is 48.3 Å². The molecule has 2 aromatic rings. The van der Waals surface area contributed by atoms with Gasteiger partial charge in [0.05, 0.1) is 22.7 Å². The molecule has 0 saturated heterocycles. The molecule has 0 saturated carbocycles. The van der Waals surface area contributed by atoms with Crippen LogP contribution in [0.25, 0.3) is 0 Å². The van der Waals surface area contributed by atoms with Crippen LogP contribution in [0.4, 0.5) is 11.4 Å². The van der Waals surface area contributed by atoms with Gasteiger partial charge in [0.2, 0.25) is 15.9 Å². The zero-order valence-corrected chi connectivity index (χ0v) is 16.1. The molecule has 0 heterocycles. The Kier molecular flexibility index (Phi) is 6.32. The monoisotopic (exact) mass is 400 g/mol. The van der Waals surface area contributed by atoms with Gasteiger partial charge < -0.3 is 5.32 Å². The average Bonchev–Trinajstić information content (AvgIpc) is 2.53. The number of benzene rings is 2. The maximum absolute atomic E-state index is 12.7. The van der Waals surface area contributed by atoms with E-state index < -0.39 is 22.0 Å². The fraction of sp³-hybridized carbons (Fsp3) is 0.235. The minimum absolute atomic E-state index is 0.274. The number of nitrogens with one attached hydrogen (secondary N) is 1. The smallest absolute Gasteiger partial charge is 0.248 e. The zero-order chi connectivity index (χ0) is 18.6. The van der Waals surface area contributed by atoms with Crippen LogP contribution in [0.15, 0.2) is 48.5 Å². The van der Waals surface area contributed by atoms with Crippen molar-refractivity contribution in [2.24, 2.45) is 0 Å². The summed E-state index contributed by atoms with van der Waals surface area (Å²) in [6, 6.07) is 12.2. The molecule has 0 aliphatic rings. The van der Waals surface area contributed by atoms with Gasteiger partial charge in [-0.2, -0.15) is 0 Å². The first-order valence-electron chi connectivity index (χ1n) is 7.54. The highest BCUT2D eigenvalue weighted by Gasteiger charge is 2.31. The first-order chi connectivity index (χ1) is 11.7. The number of halogens is 2. The summed E-state index contributed by atoms with van der Waals surface area (Å²) in [4.78, 5) is 12.7. The fourth-order valence-electron chi connectivity index (χ4n) is 2.45. The van der Waals surface area contributed by atoms with Crippen molar-refractivity contribution in [3.8, 4) is 0 Å². The van der Waals surface area contributed by atoms with Gasteiger partial charge in [0.1, 0.15) is 6.04 Å². The van der Waals surface area contributed by atoms with Crippen LogP contribution < -0.4 is 9.62 Å². The van der Waals surface area contributed by atoms with E-state index in [2.05, 4.69) is 5.32 Å². The lowest BCUT2D eigenvalue weighted by atomic mass is 10.2. The van der Waals surface area contributed by atoms with E-state index in [0.717, 1.165) is 10.6 Å². The summed E-state index contributed by atoms with van der Waals surface area (Å²) in [5, 5.41) is 3.44. The van der Waals surface area contributed by atoms with Crippen LogP contribution in [-0.4, -0.2) is 26.6 Å². The molecule has 0 unspecified atom stereocenters. The summed E-state index contributed by atoms with van der Waals surface area (Å²) in [6.07, 6.45) is 1.33. The first kappa shape index (κ1) is 19.6. The molecular weight excluding hydrogens is 383 g/mol. The molecule has 8 heteroatoms. The first-order valence-corrected chi connectivity index (χ1v) is 10.1. The van der Waals surface area contributed by atoms with Crippen molar-refractivity contribution in [3.63, 3.8) is 0 Å². The van der Waals surface area contributed by atoms with Crippen LogP contribution in [-0.2, 0) is 14.8 Å². The lowest BCUT2D eigenvalue weighted by Crippen LogP contribution is -2.47. The lowest BCUT2D eigenvalue weighted by molar-refractivity contribution is -0.117. The highest BCUT2D eigenvalue weighted by Crippen LogP contribution is 2.27. The second-order valence-corrected chi connectivity index (χ2v) is 8.13. The molecule has 2 aromatic carbocycles. The minimum atomic E-state index is -3.71. The van der Waals surface area contributed by atoms with E-state index in [0.29, 0.717) is 21.4 Å². The fourth-order valence-corrected chi connectivity index (χ4v) is 4.02. The zero-order valence-electron chi connectivity index (χ0n) is 13.7. The van der Waals surface area contributed by atoms with Gasteiger partial charge in [-0.3, -0.25) is 9.10 Å². The molecule has 0 aliphatic heterocycles. The van der Waals surface area contributed by atoms with Crippen molar-refractivity contribution >= 4 is 50.5 Å². The van der Waals surface area contributed by atoms with E-state index in [1.54, 1.807) is 49.4 Å². The Morgan fingerprint density at radius 1 is 1.16 bits per heavy atom. The second-order valence-electron chi connectivity index (χ2n) is 5.43. The molecule has 1 atom stereocenters. The third-order valence-electron chi connectivity index (χ3n) is 3.52. The number of para-hydroxylation sites is 1. The van der Waals surface area contributed by atoms with Crippen molar-refractivity contribution in [2.75, 3.05) is 15.9 Å². The Bertz CT molecular complexity index is 872. The number of sulfonamides is 1. The number of hydrogen-bond acceptors (Lipinski definition) is 3. The topological polar surface area (TPSA) is 66.5 Å². The number of rotatable bonds is 6. The summed E-state index contributed by atoms with van der Waals surface area (Å²) >= 11 is 12.0. The number of anilines is 2. The molecule has 1 amide bonds. The Morgan fingerprint density at radius 2 is 1.84 bits per heavy atom. The molecule has 0 spiro atoms. The summed E-state index contributed by atoms with van der Waals surface area (Å²) in [5.41, 5.74) is 0.753. The van der Waals surface area contributed by atoms with E-state index in [1.807, 2.05) is 0 Å². The maximum atomic E-state index is 12.7. The lowest BCUT2D eigenvalue weighted by Gasteiger charge is -2.30. The Hall–Kier alpha value is -1.76. The molecule has 0 radical (unpaired) electrons. The summed E-state index contributed by atoms with van der Waals surface area (Å²) in [5.74, 6) is -0.471. The van der Waals surface area contributed by atoms with Crippen LogP contribution in [0.2, 0.25) is 10.0 Å². The van der Waals surface area contributed by atoms with Gasteiger partial charge >= 0.3 is 0 Å². The van der Waals surface area contributed by atoms with Crippen molar-refractivity contribution in [3.05, 3.63) is 58.6 Å². The number of amides is 1. The Labute approximate surface area is 157 Å². The molecule has 25 heavy (non-hydrogen) atoms. The molecule has 5 nitrogen and oxygen atoms in total. The SMILES string of the molecule is CC[C@@H](C(=O)Nc1ccccc1Cl)N(c1cccc(Cl)c1)S(C)(=O)=O. The van der Waals surface area contributed by atoms with Crippen molar-refractivity contribution in [1.29, 1.82) is 0 Å². The molecule has 0 fully saturated rings. The van der Waals surface area contributed by atoms with Crippen LogP contribution in [0.1, 0.15) is 13.3 Å². The quantitative estimate of drug-likeness (QED) is 0.790. The Morgan fingerprint density at radius 3 is 2.40 bits per heavy atom. The van der Waals surface area contributed by atoms with Crippen LogP contribution in [0, 0.1) is 0 Å². The van der Waals surface area contributed by atoms with E-state index in [4.69, 9.17) is 23.2 Å². The van der Waals surface area contributed by atoms with Gasteiger partial charge in [0.15, 0.2) is 0 Å². The largest absolute Gasteiger partial charge is 0.323 e. The van der Waals surface area contributed by atoms with Crippen molar-refractivity contribution < 1.29 is 13.2 Å². The van der Waals surface area contributed by atoms with E-state index in [-0.39, 0.29) is 6.42 Å². The van der Waals surface area contributed by atoms with Gasteiger partial charge in [-0.25, -0.2) is 8.42 Å². The normalized spacial score (nSPS) is 12.5. The molecular formula is C17H18Cl2N2O3S. The maximum Gasteiger partial charge on any atom is 0.248 e. The van der Waals surface area contributed by atoms with Crippen LogP contribution >= 0.6 is 23.2 Å². The Balaban J connectivity index is 2.40. The molecule has 134 valence electrons. The molecule has 1 N–H and O–H groups in total. The van der Waals surface area contributed by atoms with Crippen LogP contribution in [0.5, 0.6) is 0 Å². The van der Waals surface area contributed by atoms with Gasteiger partial charge in [0.25, 0.3) is 0 Å². The van der Waals surface area contributed by atoms with E-state index >= 15 is 0 Å². The molecule has 0 aliphatic carbocycles. The van der Waals surface area contributed by atoms with E-state index in [9.17, 15) is 13.2 Å². The van der Waals surface area contributed by atoms with Gasteiger partial charge in [-0.15, -0.1) is 0 Å². The number of nitrogens with zero attached hydrogens (tertiary/aromatic N) is 1. The third-order valence-corrected chi connectivity index (χ3v) is 5.27. The van der Waals surface area contributed by atoms with Crippen molar-refractivity contribution in [1.82, 2.24) is 0 Å². The minimum Gasteiger partial charge on any atom is -0.323 e. The summed E-state index contributed by atoms with van der Waals surface area (Å²) in [7, 11) is -3.71. The number of hydrogen-bond donors (Lipinski definition) is 1. The average molecular weight is 401 g/mol. The molecule has 2 rings (SSSR count). The third kappa shape index (κ3) is 4.87. The highest BCUT2D eigenvalue weighted by atomic mass is 35.5. The summed E-state index contributed by atoms with van der Waals surface area (Å²) in [6.45, 7) is 1.74. The van der Waals surface area contributed by atoms with Gasteiger partial charge in [0, 0.05) is 5.02 Å². The molecule has 0 aromatic heterocycles. The molecule has 0 bridgehead atoms. The second kappa shape index (κ2) is 8.08. The van der Waals surface area contributed by atoms with Gasteiger partial charge in [-0.05, 0) is 36.8 Å². The number of carbonyl (C=O) groups excluding carboxylic acids is 1. The van der Waals surface area contributed by atoms with E-state index in [1.165, 1.54) is 6.07 Å².